The van der Waals surface area contributed by atoms with Gasteiger partial charge in [0.1, 0.15) is 6.54 Å². The molecule has 0 aromatic carbocycles. The largest absolute Gasteiger partial charge is 0.347 e. The molecule has 0 spiro atoms. The molecule has 8 heteroatoms. The van der Waals surface area contributed by atoms with E-state index in [9.17, 15) is 19.2 Å². The maximum atomic E-state index is 11.0. The monoisotopic (exact) mass is 316 g/mol. The average molecular weight is 316 g/mol. The number of carbonyl (C=O) groups excluding carboxylic acids is 4. The normalized spacial score (nSPS) is 12.9. The number of hydrogen-bond acceptors (Lipinski definition) is 4. The Kier molecular flexibility index (Phi) is 11.6. The van der Waals surface area contributed by atoms with Gasteiger partial charge in [0, 0.05) is 34.7 Å². The van der Waals surface area contributed by atoms with Gasteiger partial charge in [-0.1, -0.05) is 13.8 Å². The molecule has 0 radical (unpaired) electrons. The highest BCUT2D eigenvalue weighted by atomic mass is 16.2. The first kappa shape index (κ1) is 22.2. The van der Waals surface area contributed by atoms with Crippen LogP contribution in [0.3, 0.4) is 0 Å². The number of hydrogen-bond donors (Lipinski definition) is 0. The van der Waals surface area contributed by atoms with E-state index >= 15 is 0 Å². The van der Waals surface area contributed by atoms with E-state index in [1.54, 1.807) is 21.1 Å². The molecule has 1 aliphatic rings. The summed E-state index contributed by atoms with van der Waals surface area (Å²) in [6.45, 7) is 6.79. The van der Waals surface area contributed by atoms with Crippen LogP contribution in [0.15, 0.2) is 0 Å². The molecule has 1 aliphatic heterocycles. The van der Waals surface area contributed by atoms with Gasteiger partial charge in [0.15, 0.2) is 0 Å². The van der Waals surface area contributed by atoms with Crippen LogP contribution >= 0.6 is 0 Å². The van der Waals surface area contributed by atoms with Crippen molar-refractivity contribution in [2.24, 2.45) is 0 Å². The Morgan fingerprint density at radius 3 is 1.91 bits per heavy atom. The van der Waals surface area contributed by atoms with E-state index < -0.39 is 0 Å². The van der Waals surface area contributed by atoms with Crippen molar-refractivity contribution in [3.63, 3.8) is 0 Å². The summed E-state index contributed by atoms with van der Waals surface area (Å²) in [7, 11) is 6.42. The van der Waals surface area contributed by atoms with Gasteiger partial charge in [-0.15, -0.1) is 0 Å². The van der Waals surface area contributed by atoms with Crippen molar-refractivity contribution in [3.8, 4) is 0 Å². The van der Waals surface area contributed by atoms with Crippen LogP contribution in [0.1, 0.15) is 20.8 Å². The van der Waals surface area contributed by atoms with Crippen molar-refractivity contribution >= 4 is 24.3 Å². The van der Waals surface area contributed by atoms with Crippen LogP contribution in [0.2, 0.25) is 0 Å². The van der Waals surface area contributed by atoms with Gasteiger partial charge < -0.3 is 14.7 Å². The second-order valence-corrected chi connectivity index (χ2v) is 4.55. The zero-order chi connectivity index (χ0) is 17.9. The van der Waals surface area contributed by atoms with Gasteiger partial charge >= 0.3 is 6.03 Å². The van der Waals surface area contributed by atoms with Crippen molar-refractivity contribution < 1.29 is 19.2 Å². The number of imide groups is 1. The van der Waals surface area contributed by atoms with Crippen LogP contribution in [-0.2, 0) is 14.4 Å². The molecular weight excluding hydrogens is 288 g/mol. The minimum Gasteiger partial charge on any atom is -0.347 e. The highest BCUT2D eigenvalue weighted by Crippen LogP contribution is 2.02. The lowest BCUT2D eigenvalue weighted by Crippen LogP contribution is -2.35. The Bertz CT molecular complexity index is 385. The summed E-state index contributed by atoms with van der Waals surface area (Å²) in [5, 5.41) is 0. The molecule has 5 amide bonds. The summed E-state index contributed by atoms with van der Waals surface area (Å²) in [6, 6.07) is -0.222. The van der Waals surface area contributed by atoms with E-state index in [4.69, 9.17) is 0 Å². The third kappa shape index (κ3) is 7.61. The maximum absolute atomic E-state index is 11.0. The van der Waals surface area contributed by atoms with E-state index in [2.05, 4.69) is 0 Å². The van der Waals surface area contributed by atoms with Crippen LogP contribution in [0, 0.1) is 0 Å². The molecule has 1 rings (SSSR count). The van der Waals surface area contributed by atoms with Gasteiger partial charge in [0.2, 0.25) is 18.2 Å². The fraction of sp³-hybridized carbons (Fsp3) is 0.714. The van der Waals surface area contributed by atoms with Crippen LogP contribution in [0.4, 0.5) is 4.79 Å². The Morgan fingerprint density at radius 1 is 1.23 bits per heavy atom. The lowest BCUT2D eigenvalue weighted by atomic mass is 10.5. The molecule has 22 heavy (non-hydrogen) atoms. The topological polar surface area (TPSA) is 81.2 Å². The fourth-order valence-corrected chi connectivity index (χ4v) is 1.28. The molecule has 0 aromatic heterocycles. The molecule has 1 heterocycles. The molecule has 0 bridgehead atoms. The Balaban J connectivity index is 0. The smallest absolute Gasteiger partial charge is 0.326 e. The molecule has 1 saturated heterocycles. The Morgan fingerprint density at radius 2 is 1.73 bits per heavy atom. The number of likely N-dealkylation sites (N-methyl/N-ethyl adjacent to an activating group) is 4. The summed E-state index contributed by atoms with van der Waals surface area (Å²) < 4.78 is 0. The van der Waals surface area contributed by atoms with E-state index in [0.29, 0.717) is 13.0 Å². The van der Waals surface area contributed by atoms with E-state index in [0.717, 1.165) is 4.90 Å². The summed E-state index contributed by atoms with van der Waals surface area (Å²) in [6.07, 6.45) is 0.682. The number of urea groups is 1. The van der Waals surface area contributed by atoms with Crippen molar-refractivity contribution in [1.82, 2.24) is 19.6 Å². The highest BCUT2D eigenvalue weighted by Gasteiger charge is 2.29. The maximum Gasteiger partial charge on any atom is 0.326 e. The predicted octanol–water partition coefficient (Wildman–Crippen LogP) is 0.0893. The first-order valence-electron chi connectivity index (χ1n) is 7.15. The average Bonchev–Trinajstić information content (AvgIpc) is 2.73. The summed E-state index contributed by atoms with van der Waals surface area (Å²) in [4.78, 5) is 48.0. The molecule has 0 aromatic rings. The van der Waals surface area contributed by atoms with Crippen molar-refractivity contribution in [1.29, 1.82) is 0 Å². The van der Waals surface area contributed by atoms with Gasteiger partial charge in [-0.05, 0) is 6.92 Å². The molecule has 1 fully saturated rings. The van der Waals surface area contributed by atoms with Gasteiger partial charge in [-0.2, -0.15) is 0 Å². The van der Waals surface area contributed by atoms with Gasteiger partial charge in [0.05, 0.1) is 6.54 Å². The summed E-state index contributed by atoms with van der Waals surface area (Å²) in [5.74, 6) is -0.193. The number of carbonyl (C=O) groups is 4. The molecule has 8 nitrogen and oxygen atoms in total. The van der Waals surface area contributed by atoms with Crippen LogP contribution in [0.5, 0.6) is 0 Å². The van der Waals surface area contributed by atoms with Gasteiger partial charge in [-0.3, -0.25) is 19.3 Å². The molecule has 0 atom stereocenters. The van der Waals surface area contributed by atoms with Crippen molar-refractivity contribution in [2.45, 2.75) is 20.8 Å². The van der Waals surface area contributed by atoms with Crippen molar-refractivity contribution in [2.75, 3.05) is 47.8 Å². The fourth-order valence-electron chi connectivity index (χ4n) is 1.28. The number of rotatable bonds is 4. The lowest BCUT2D eigenvalue weighted by Gasteiger charge is -2.16. The molecule has 0 saturated carbocycles. The van der Waals surface area contributed by atoms with E-state index in [1.165, 1.54) is 21.7 Å². The van der Waals surface area contributed by atoms with Gasteiger partial charge in [0.25, 0.3) is 0 Å². The second kappa shape index (κ2) is 11.5. The van der Waals surface area contributed by atoms with E-state index in [1.807, 2.05) is 20.8 Å². The molecular formula is C14H28N4O4. The third-order valence-electron chi connectivity index (χ3n) is 2.75. The minimum absolute atomic E-state index is 0.0565. The standard InChI is InChI=1S/C7H14N2O2.C5H8N2O2.C2H6/c1-4-9(6-10)5-7(11)8(2)3;1-6-3-4(8)7(2)5(6)9;1-2/h6H,4-5H2,1-3H3;3H2,1-2H3;1-2H3. The first-order chi connectivity index (χ1) is 10.2. The zero-order valence-electron chi connectivity index (χ0n) is 14.6. The van der Waals surface area contributed by atoms with Crippen LogP contribution < -0.4 is 0 Å². The lowest BCUT2D eigenvalue weighted by molar-refractivity contribution is -0.133. The summed E-state index contributed by atoms with van der Waals surface area (Å²) >= 11 is 0. The third-order valence-corrected chi connectivity index (χ3v) is 2.75. The molecule has 128 valence electrons. The predicted molar refractivity (Wildman–Crippen MR) is 84.1 cm³/mol. The SMILES string of the molecule is CC.CCN(C=O)CC(=O)N(C)C.CN1CC(=O)N(C)C1=O. The minimum atomic E-state index is -0.222. The Labute approximate surface area is 132 Å². The first-order valence-corrected chi connectivity index (χ1v) is 7.15. The van der Waals surface area contributed by atoms with Crippen molar-refractivity contribution in [3.05, 3.63) is 0 Å². The number of amides is 5. The Hall–Kier alpha value is -2.12. The zero-order valence-corrected chi connectivity index (χ0v) is 14.6. The molecule has 0 N–H and O–H groups in total. The van der Waals surface area contributed by atoms with E-state index in [-0.39, 0.29) is 30.9 Å². The quantitative estimate of drug-likeness (QED) is 0.544. The van der Waals surface area contributed by atoms with Crippen LogP contribution in [-0.4, -0.2) is 91.7 Å². The summed E-state index contributed by atoms with van der Waals surface area (Å²) in [5.41, 5.74) is 0. The highest BCUT2D eigenvalue weighted by molar-refractivity contribution is 6.01. The molecule has 0 unspecified atom stereocenters. The number of nitrogens with zero attached hydrogens (tertiary/aromatic N) is 4. The second-order valence-electron chi connectivity index (χ2n) is 4.55. The molecule has 0 aliphatic carbocycles. The van der Waals surface area contributed by atoms with Gasteiger partial charge in [-0.25, -0.2) is 4.79 Å². The van der Waals surface area contributed by atoms with Crippen LogP contribution in [0.25, 0.3) is 0 Å².